The number of hydrogen-bond acceptors (Lipinski definition) is 3. The van der Waals surface area contributed by atoms with Crippen LogP contribution in [-0.2, 0) is 0 Å². The quantitative estimate of drug-likeness (QED) is 0.840. The number of hydrogen-bond donors (Lipinski definition) is 1. The first-order chi connectivity index (χ1) is 8.29. The lowest BCUT2D eigenvalue weighted by Gasteiger charge is -2.14. The Hall–Kier alpha value is -1.32. The van der Waals surface area contributed by atoms with Crippen molar-refractivity contribution in [1.29, 1.82) is 0 Å². The molecular formula is C14H16N2S. The van der Waals surface area contributed by atoms with Gasteiger partial charge in [-0.2, -0.15) is 0 Å². The van der Waals surface area contributed by atoms with Crippen LogP contribution in [0, 0.1) is 6.92 Å². The first-order valence-corrected chi connectivity index (χ1v) is 6.51. The number of aromatic nitrogens is 1. The lowest BCUT2D eigenvalue weighted by atomic mass is 10.1. The molecular weight excluding hydrogens is 228 g/mol. The normalized spacial score (nSPS) is 12.4. The zero-order valence-corrected chi connectivity index (χ0v) is 10.7. The molecule has 0 bridgehead atoms. The SMILES string of the molecule is Cc1ccc(C(CN)Sc2ccncc2)cc1. The van der Waals surface area contributed by atoms with Crippen LogP contribution in [-0.4, -0.2) is 11.5 Å². The molecule has 1 aromatic heterocycles. The maximum absolute atomic E-state index is 5.85. The predicted octanol–water partition coefficient (Wildman–Crippen LogP) is 3.18. The van der Waals surface area contributed by atoms with Gasteiger partial charge in [-0.05, 0) is 24.6 Å². The second-order valence-electron chi connectivity index (χ2n) is 3.94. The van der Waals surface area contributed by atoms with Gasteiger partial charge in [0.1, 0.15) is 0 Å². The highest BCUT2D eigenvalue weighted by Gasteiger charge is 2.10. The van der Waals surface area contributed by atoms with Crippen molar-refractivity contribution in [2.75, 3.05) is 6.54 Å². The first-order valence-electron chi connectivity index (χ1n) is 5.63. The number of pyridine rings is 1. The number of aryl methyl sites for hydroxylation is 1. The molecule has 2 nitrogen and oxygen atoms in total. The van der Waals surface area contributed by atoms with Gasteiger partial charge in [-0.25, -0.2) is 0 Å². The highest BCUT2D eigenvalue weighted by atomic mass is 32.2. The lowest BCUT2D eigenvalue weighted by molar-refractivity contribution is 0.939. The zero-order chi connectivity index (χ0) is 12.1. The van der Waals surface area contributed by atoms with E-state index in [9.17, 15) is 0 Å². The van der Waals surface area contributed by atoms with Crippen LogP contribution in [0.25, 0.3) is 0 Å². The van der Waals surface area contributed by atoms with Gasteiger partial charge in [0, 0.05) is 29.1 Å². The molecule has 0 aliphatic rings. The van der Waals surface area contributed by atoms with Crippen LogP contribution in [0.15, 0.2) is 53.7 Å². The Morgan fingerprint density at radius 2 is 1.76 bits per heavy atom. The van der Waals surface area contributed by atoms with Gasteiger partial charge in [-0.1, -0.05) is 29.8 Å². The van der Waals surface area contributed by atoms with Crippen LogP contribution >= 0.6 is 11.8 Å². The maximum Gasteiger partial charge on any atom is 0.0466 e. The maximum atomic E-state index is 5.85. The van der Waals surface area contributed by atoms with Gasteiger partial charge in [0.05, 0.1) is 0 Å². The molecule has 2 N–H and O–H groups in total. The van der Waals surface area contributed by atoms with Gasteiger partial charge in [0.15, 0.2) is 0 Å². The van der Waals surface area contributed by atoms with E-state index in [2.05, 4.69) is 36.2 Å². The van der Waals surface area contributed by atoms with Gasteiger partial charge in [0.25, 0.3) is 0 Å². The monoisotopic (exact) mass is 244 g/mol. The van der Waals surface area contributed by atoms with Crippen molar-refractivity contribution in [3.8, 4) is 0 Å². The van der Waals surface area contributed by atoms with E-state index in [-0.39, 0.29) is 0 Å². The molecule has 1 unspecified atom stereocenters. The minimum absolute atomic E-state index is 0.304. The van der Waals surface area contributed by atoms with Gasteiger partial charge >= 0.3 is 0 Å². The summed E-state index contributed by atoms with van der Waals surface area (Å²) in [4.78, 5) is 5.22. The van der Waals surface area contributed by atoms with E-state index in [1.54, 1.807) is 11.8 Å². The molecule has 88 valence electrons. The first kappa shape index (κ1) is 12.1. The average molecular weight is 244 g/mol. The van der Waals surface area contributed by atoms with Crippen LogP contribution in [0.2, 0.25) is 0 Å². The van der Waals surface area contributed by atoms with Gasteiger partial charge < -0.3 is 5.73 Å². The average Bonchev–Trinajstić information content (AvgIpc) is 2.38. The molecule has 0 aliphatic carbocycles. The Labute approximate surface area is 106 Å². The Morgan fingerprint density at radius 1 is 1.12 bits per heavy atom. The summed E-state index contributed by atoms with van der Waals surface area (Å²) in [5.74, 6) is 0. The van der Waals surface area contributed by atoms with Gasteiger partial charge in [0.2, 0.25) is 0 Å². The number of nitrogens with two attached hydrogens (primary N) is 1. The smallest absolute Gasteiger partial charge is 0.0466 e. The third-order valence-corrected chi connectivity index (χ3v) is 3.88. The molecule has 0 saturated heterocycles. The van der Waals surface area contributed by atoms with Crippen molar-refractivity contribution in [3.05, 3.63) is 59.9 Å². The number of rotatable bonds is 4. The molecule has 0 fully saturated rings. The number of benzene rings is 1. The van der Waals surface area contributed by atoms with Crippen LogP contribution < -0.4 is 5.73 Å². The van der Waals surface area contributed by atoms with E-state index in [0.29, 0.717) is 11.8 Å². The highest BCUT2D eigenvalue weighted by molar-refractivity contribution is 7.99. The molecule has 0 amide bonds. The minimum atomic E-state index is 0.304. The molecule has 0 saturated carbocycles. The van der Waals surface area contributed by atoms with Crippen molar-refractivity contribution >= 4 is 11.8 Å². The third kappa shape index (κ3) is 3.32. The van der Waals surface area contributed by atoms with Gasteiger partial charge in [-0.3, -0.25) is 4.98 Å². The number of thioether (sulfide) groups is 1. The molecule has 3 heteroatoms. The fourth-order valence-electron chi connectivity index (χ4n) is 1.61. The van der Waals surface area contributed by atoms with Crippen molar-refractivity contribution in [2.24, 2.45) is 5.73 Å². The Balaban J connectivity index is 2.14. The van der Waals surface area contributed by atoms with E-state index in [0.717, 1.165) is 0 Å². The fourth-order valence-corrected chi connectivity index (χ4v) is 2.61. The molecule has 17 heavy (non-hydrogen) atoms. The summed E-state index contributed by atoms with van der Waals surface area (Å²) in [7, 11) is 0. The van der Waals surface area contributed by atoms with Crippen molar-refractivity contribution in [3.63, 3.8) is 0 Å². The Kier molecular flexibility index (Phi) is 4.18. The Bertz CT molecular complexity index is 453. The summed E-state index contributed by atoms with van der Waals surface area (Å²) in [5, 5.41) is 0.304. The molecule has 0 aliphatic heterocycles. The third-order valence-electron chi connectivity index (χ3n) is 2.59. The van der Waals surface area contributed by atoms with Crippen LogP contribution in [0.4, 0.5) is 0 Å². The summed E-state index contributed by atoms with van der Waals surface area (Å²) < 4.78 is 0. The van der Waals surface area contributed by atoms with Crippen LogP contribution in [0.1, 0.15) is 16.4 Å². The lowest BCUT2D eigenvalue weighted by Crippen LogP contribution is -2.09. The molecule has 0 radical (unpaired) electrons. The molecule has 2 rings (SSSR count). The van der Waals surface area contributed by atoms with Crippen molar-refractivity contribution in [1.82, 2.24) is 4.98 Å². The molecule has 0 spiro atoms. The largest absolute Gasteiger partial charge is 0.329 e. The Morgan fingerprint density at radius 3 is 2.35 bits per heavy atom. The summed E-state index contributed by atoms with van der Waals surface area (Å²) in [6.07, 6.45) is 3.62. The molecule has 1 atom stereocenters. The standard InChI is InChI=1S/C14H16N2S/c1-11-2-4-12(5-3-11)14(10-15)17-13-6-8-16-9-7-13/h2-9,14H,10,15H2,1H3. The molecule has 1 heterocycles. The summed E-state index contributed by atoms with van der Waals surface area (Å²) in [6.45, 7) is 2.73. The summed E-state index contributed by atoms with van der Waals surface area (Å²) >= 11 is 1.78. The van der Waals surface area contributed by atoms with E-state index in [1.807, 2.05) is 24.5 Å². The molecule has 1 aromatic carbocycles. The highest BCUT2D eigenvalue weighted by Crippen LogP contribution is 2.33. The van der Waals surface area contributed by atoms with Gasteiger partial charge in [-0.15, -0.1) is 11.8 Å². The minimum Gasteiger partial charge on any atom is -0.329 e. The second-order valence-corrected chi connectivity index (χ2v) is 5.21. The van der Waals surface area contributed by atoms with E-state index in [4.69, 9.17) is 5.73 Å². The van der Waals surface area contributed by atoms with E-state index < -0.39 is 0 Å². The summed E-state index contributed by atoms with van der Waals surface area (Å²) in [6, 6.07) is 12.6. The second kappa shape index (κ2) is 5.84. The summed E-state index contributed by atoms with van der Waals surface area (Å²) in [5.41, 5.74) is 8.41. The van der Waals surface area contributed by atoms with Crippen LogP contribution in [0.5, 0.6) is 0 Å². The molecule has 2 aromatic rings. The number of nitrogens with zero attached hydrogens (tertiary/aromatic N) is 1. The fraction of sp³-hybridized carbons (Fsp3) is 0.214. The van der Waals surface area contributed by atoms with E-state index in [1.165, 1.54) is 16.0 Å². The van der Waals surface area contributed by atoms with Crippen LogP contribution in [0.3, 0.4) is 0 Å². The van der Waals surface area contributed by atoms with E-state index >= 15 is 0 Å². The topological polar surface area (TPSA) is 38.9 Å². The zero-order valence-electron chi connectivity index (χ0n) is 9.84. The predicted molar refractivity (Wildman–Crippen MR) is 73.1 cm³/mol. The van der Waals surface area contributed by atoms with Crippen molar-refractivity contribution < 1.29 is 0 Å². The van der Waals surface area contributed by atoms with Crippen molar-refractivity contribution in [2.45, 2.75) is 17.1 Å².